The van der Waals surface area contributed by atoms with E-state index in [4.69, 9.17) is 10.5 Å². The number of hydrogen-bond donors (Lipinski definition) is 2. The molecule has 16 heavy (non-hydrogen) atoms. The molecule has 0 fully saturated rings. The SMILES string of the molecule is NC(=O)COCCNCCc1ccccn1. The fourth-order valence-corrected chi connectivity index (χ4v) is 1.20. The molecule has 0 atom stereocenters. The summed E-state index contributed by atoms with van der Waals surface area (Å²) >= 11 is 0. The minimum Gasteiger partial charge on any atom is -0.370 e. The monoisotopic (exact) mass is 223 g/mol. The number of amides is 1. The summed E-state index contributed by atoms with van der Waals surface area (Å²) in [4.78, 5) is 14.5. The van der Waals surface area contributed by atoms with Gasteiger partial charge in [0.15, 0.2) is 0 Å². The van der Waals surface area contributed by atoms with Crippen molar-refractivity contribution in [3.8, 4) is 0 Å². The van der Waals surface area contributed by atoms with Gasteiger partial charge >= 0.3 is 0 Å². The first-order valence-corrected chi connectivity index (χ1v) is 5.25. The highest BCUT2D eigenvalue weighted by Crippen LogP contribution is 1.92. The van der Waals surface area contributed by atoms with E-state index in [-0.39, 0.29) is 6.61 Å². The second-order valence-corrected chi connectivity index (χ2v) is 3.34. The molecule has 3 N–H and O–H groups in total. The molecule has 0 aliphatic carbocycles. The van der Waals surface area contributed by atoms with Crippen LogP contribution in [0.2, 0.25) is 0 Å². The summed E-state index contributed by atoms with van der Waals surface area (Å²) in [6, 6.07) is 5.86. The minimum atomic E-state index is -0.437. The van der Waals surface area contributed by atoms with Crippen molar-refractivity contribution in [3.05, 3.63) is 30.1 Å². The lowest BCUT2D eigenvalue weighted by molar-refractivity contribution is -0.122. The van der Waals surface area contributed by atoms with Gasteiger partial charge in [0.05, 0.1) is 6.61 Å². The van der Waals surface area contributed by atoms with Crippen molar-refractivity contribution >= 4 is 5.91 Å². The maximum Gasteiger partial charge on any atom is 0.243 e. The maximum absolute atomic E-state index is 10.3. The van der Waals surface area contributed by atoms with Crippen LogP contribution in [-0.4, -0.2) is 37.2 Å². The van der Waals surface area contributed by atoms with Gasteiger partial charge in [0.1, 0.15) is 6.61 Å². The van der Waals surface area contributed by atoms with Crippen molar-refractivity contribution in [2.45, 2.75) is 6.42 Å². The number of carbonyl (C=O) groups excluding carboxylic acids is 1. The summed E-state index contributed by atoms with van der Waals surface area (Å²) in [5, 5.41) is 3.19. The van der Waals surface area contributed by atoms with Crippen LogP contribution in [0.1, 0.15) is 5.69 Å². The highest BCUT2D eigenvalue weighted by Gasteiger charge is 1.94. The molecule has 0 spiro atoms. The van der Waals surface area contributed by atoms with Gasteiger partial charge in [-0.15, -0.1) is 0 Å². The van der Waals surface area contributed by atoms with E-state index in [1.165, 1.54) is 0 Å². The number of hydrogen-bond acceptors (Lipinski definition) is 4. The van der Waals surface area contributed by atoms with Crippen molar-refractivity contribution in [2.75, 3.05) is 26.3 Å². The molecule has 1 heterocycles. The zero-order chi connectivity index (χ0) is 11.6. The number of pyridine rings is 1. The highest BCUT2D eigenvalue weighted by atomic mass is 16.5. The smallest absolute Gasteiger partial charge is 0.243 e. The number of primary amides is 1. The van der Waals surface area contributed by atoms with Gasteiger partial charge in [-0.1, -0.05) is 6.07 Å². The first-order chi connectivity index (χ1) is 7.79. The van der Waals surface area contributed by atoms with Crippen molar-refractivity contribution in [1.82, 2.24) is 10.3 Å². The Morgan fingerprint density at radius 1 is 1.44 bits per heavy atom. The summed E-state index contributed by atoms with van der Waals surface area (Å²) in [5.74, 6) is -0.437. The summed E-state index contributed by atoms with van der Waals surface area (Å²) < 4.78 is 4.99. The average molecular weight is 223 g/mol. The zero-order valence-electron chi connectivity index (χ0n) is 9.19. The lowest BCUT2D eigenvalue weighted by Crippen LogP contribution is -2.25. The molecule has 0 radical (unpaired) electrons. The first-order valence-electron chi connectivity index (χ1n) is 5.25. The fraction of sp³-hybridized carbons (Fsp3) is 0.455. The molecule has 0 aromatic carbocycles. The number of rotatable bonds is 8. The summed E-state index contributed by atoms with van der Waals surface area (Å²) in [7, 11) is 0. The molecule has 0 saturated heterocycles. The standard InChI is InChI=1S/C11H17N3O2/c12-11(15)9-16-8-7-13-6-4-10-3-1-2-5-14-10/h1-3,5,13H,4,6-9H2,(H2,12,15). The maximum atomic E-state index is 10.3. The predicted molar refractivity (Wildman–Crippen MR) is 60.8 cm³/mol. The molecule has 1 aromatic rings. The molecule has 0 saturated carbocycles. The molecule has 0 aliphatic heterocycles. The number of ether oxygens (including phenoxy) is 1. The minimum absolute atomic E-state index is 0.0120. The van der Waals surface area contributed by atoms with E-state index in [2.05, 4.69) is 10.3 Å². The molecule has 1 rings (SSSR count). The number of aromatic nitrogens is 1. The molecule has 5 nitrogen and oxygen atoms in total. The van der Waals surface area contributed by atoms with Crippen LogP contribution in [0.4, 0.5) is 0 Å². The summed E-state index contributed by atoms with van der Waals surface area (Å²) in [5.41, 5.74) is 5.98. The molecule has 1 aromatic heterocycles. The van der Waals surface area contributed by atoms with E-state index in [1.807, 2.05) is 18.2 Å². The van der Waals surface area contributed by atoms with Gasteiger partial charge in [0, 0.05) is 31.4 Å². The largest absolute Gasteiger partial charge is 0.370 e. The van der Waals surface area contributed by atoms with Crippen LogP contribution in [0, 0.1) is 0 Å². The normalized spacial score (nSPS) is 10.2. The van der Waals surface area contributed by atoms with E-state index >= 15 is 0 Å². The molecule has 5 heteroatoms. The van der Waals surface area contributed by atoms with Crippen LogP contribution in [0.5, 0.6) is 0 Å². The number of nitrogens with one attached hydrogen (secondary N) is 1. The van der Waals surface area contributed by atoms with E-state index in [1.54, 1.807) is 6.20 Å². The third-order valence-electron chi connectivity index (χ3n) is 1.95. The molecular formula is C11H17N3O2. The lowest BCUT2D eigenvalue weighted by Gasteiger charge is -2.04. The van der Waals surface area contributed by atoms with Crippen molar-refractivity contribution in [1.29, 1.82) is 0 Å². The molecule has 0 aliphatic rings. The molecular weight excluding hydrogens is 206 g/mol. The van der Waals surface area contributed by atoms with Gasteiger partial charge in [-0.05, 0) is 12.1 Å². The van der Waals surface area contributed by atoms with Crippen LogP contribution >= 0.6 is 0 Å². The Bertz CT molecular complexity index is 303. The predicted octanol–water partition coefficient (Wildman–Crippen LogP) is -0.284. The number of nitrogens with zero attached hydrogens (tertiary/aromatic N) is 1. The van der Waals surface area contributed by atoms with E-state index in [0.717, 1.165) is 18.7 Å². The van der Waals surface area contributed by atoms with Gasteiger partial charge in [-0.3, -0.25) is 9.78 Å². The Morgan fingerprint density at radius 3 is 3.00 bits per heavy atom. The third kappa shape index (κ3) is 6.10. The quantitative estimate of drug-likeness (QED) is 0.594. The molecule has 0 bridgehead atoms. The fourth-order valence-electron chi connectivity index (χ4n) is 1.20. The Kier molecular flexibility index (Phi) is 6.13. The topological polar surface area (TPSA) is 77.2 Å². The van der Waals surface area contributed by atoms with E-state index in [9.17, 15) is 4.79 Å². The van der Waals surface area contributed by atoms with Gasteiger partial charge in [0.25, 0.3) is 0 Å². The molecule has 0 unspecified atom stereocenters. The van der Waals surface area contributed by atoms with Crippen LogP contribution < -0.4 is 11.1 Å². The van der Waals surface area contributed by atoms with E-state index in [0.29, 0.717) is 13.2 Å². The number of nitrogens with two attached hydrogens (primary N) is 1. The summed E-state index contributed by atoms with van der Waals surface area (Å²) in [6.07, 6.45) is 2.67. The van der Waals surface area contributed by atoms with Crippen LogP contribution in [0.15, 0.2) is 24.4 Å². The Hall–Kier alpha value is -1.46. The first kappa shape index (κ1) is 12.6. The highest BCUT2D eigenvalue weighted by molar-refractivity contribution is 5.74. The summed E-state index contributed by atoms with van der Waals surface area (Å²) in [6.45, 7) is 2.03. The van der Waals surface area contributed by atoms with Crippen LogP contribution in [0.25, 0.3) is 0 Å². The van der Waals surface area contributed by atoms with Gasteiger partial charge in [-0.2, -0.15) is 0 Å². The van der Waals surface area contributed by atoms with Crippen molar-refractivity contribution < 1.29 is 9.53 Å². The Labute approximate surface area is 95.0 Å². The number of carbonyl (C=O) groups is 1. The van der Waals surface area contributed by atoms with Crippen molar-refractivity contribution in [3.63, 3.8) is 0 Å². The Balaban J connectivity index is 1.94. The average Bonchev–Trinajstić information content (AvgIpc) is 2.29. The van der Waals surface area contributed by atoms with Crippen molar-refractivity contribution in [2.24, 2.45) is 5.73 Å². The second-order valence-electron chi connectivity index (χ2n) is 3.34. The van der Waals surface area contributed by atoms with Gasteiger partial charge in [0.2, 0.25) is 5.91 Å². The van der Waals surface area contributed by atoms with Crippen LogP contribution in [-0.2, 0) is 16.0 Å². The van der Waals surface area contributed by atoms with Crippen LogP contribution in [0.3, 0.4) is 0 Å². The Morgan fingerprint density at radius 2 is 2.31 bits per heavy atom. The molecule has 1 amide bonds. The third-order valence-corrected chi connectivity index (χ3v) is 1.95. The molecule has 88 valence electrons. The second kappa shape index (κ2) is 7.78. The lowest BCUT2D eigenvalue weighted by atomic mass is 10.3. The van der Waals surface area contributed by atoms with Gasteiger partial charge < -0.3 is 15.8 Å². The van der Waals surface area contributed by atoms with Gasteiger partial charge in [-0.25, -0.2) is 0 Å². The zero-order valence-corrected chi connectivity index (χ0v) is 9.19. The van der Waals surface area contributed by atoms with E-state index < -0.39 is 5.91 Å².